The summed E-state index contributed by atoms with van der Waals surface area (Å²) in [5, 5.41) is 2.52. The fourth-order valence-corrected chi connectivity index (χ4v) is 4.22. The molecule has 1 heterocycles. The summed E-state index contributed by atoms with van der Waals surface area (Å²) < 4.78 is 26.8. The van der Waals surface area contributed by atoms with Gasteiger partial charge in [0.1, 0.15) is 5.15 Å². The van der Waals surface area contributed by atoms with E-state index in [0.717, 1.165) is 11.1 Å². The number of rotatable bonds is 5. The van der Waals surface area contributed by atoms with Crippen LogP contribution in [0.3, 0.4) is 0 Å². The van der Waals surface area contributed by atoms with Gasteiger partial charge in [-0.05, 0) is 31.0 Å². The molecule has 0 aliphatic rings. The summed E-state index contributed by atoms with van der Waals surface area (Å²) in [5.74, 6) is -0.0817. The zero-order chi connectivity index (χ0) is 21.0. The van der Waals surface area contributed by atoms with Gasteiger partial charge in [0.2, 0.25) is 5.95 Å². The summed E-state index contributed by atoms with van der Waals surface area (Å²) in [6.07, 6.45) is 0.541. The van der Waals surface area contributed by atoms with E-state index in [1.54, 1.807) is 32.0 Å². The molecule has 0 radical (unpaired) electrons. The first kappa shape index (κ1) is 20.8. The molecule has 150 valence electrons. The van der Waals surface area contributed by atoms with Crippen LogP contribution in [-0.4, -0.2) is 24.4 Å². The number of carbonyl (C=O) groups is 1. The maximum atomic E-state index is 12.4. The van der Waals surface area contributed by atoms with Crippen molar-refractivity contribution in [2.45, 2.75) is 25.2 Å². The number of aryl methyl sites for hydroxylation is 2. The van der Waals surface area contributed by atoms with Crippen molar-refractivity contribution >= 4 is 33.6 Å². The Kier molecular flexibility index (Phi) is 6.14. The Morgan fingerprint density at radius 3 is 2.31 bits per heavy atom. The van der Waals surface area contributed by atoms with Crippen LogP contribution in [0.15, 0.2) is 59.5 Å². The number of benzene rings is 2. The summed E-state index contributed by atoms with van der Waals surface area (Å²) in [6, 6.07) is 15.1. The molecular weight excluding hydrogens is 412 g/mol. The largest absolute Gasteiger partial charge is 0.335 e. The lowest BCUT2D eigenvalue weighted by Gasteiger charge is -2.12. The van der Waals surface area contributed by atoms with Crippen molar-refractivity contribution in [2.75, 3.05) is 5.32 Å². The van der Waals surface area contributed by atoms with Gasteiger partial charge in [0.25, 0.3) is 10.0 Å². The molecule has 3 aromatic rings. The highest BCUT2D eigenvalue weighted by Crippen LogP contribution is 2.22. The number of urea groups is 1. The Morgan fingerprint density at radius 1 is 1.00 bits per heavy atom. The smallest absolute Gasteiger partial charge is 0.275 e. The van der Waals surface area contributed by atoms with Gasteiger partial charge in [0.15, 0.2) is 0 Å². The first-order valence-electron chi connectivity index (χ1n) is 8.72. The molecule has 0 aliphatic heterocycles. The molecule has 0 saturated heterocycles. The molecule has 0 saturated carbocycles. The average molecular weight is 431 g/mol. The number of halogens is 1. The van der Waals surface area contributed by atoms with Gasteiger partial charge in [-0.3, -0.25) is 5.32 Å². The second-order valence-electron chi connectivity index (χ2n) is 6.39. The fourth-order valence-electron chi connectivity index (χ4n) is 2.78. The van der Waals surface area contributed by atoms with Crippen molar-refractivity contribution in [3.05, 3.63) is 82.1 Å². The minimum atomic E-state index is -4.03. The summed E-state index contributed by atoms with van der Waals surface area (Å²) in [5.41, 5.74) is 2.89. The van der Waals surface area contributed by atoms with Crippen molar-refractivity contribution in [3.8, 4) is 0 Å². The van der Waals surface area contributed by atoms with E-state index in [0.29, 0.717) is 17.7 Å². The molecular formula is C20H19ClN4O3S. The molecule has 2 N–H and O–H groups in total. The number of sulfonamides is 1. The van der Waals surface area contributed by atoms with Crippen LogP contribution in [0.4, 0.5) is 10.7 Å². The van der Waals surface area contributed by atoms with Crippen molar-refractivity contribution in [2.24, 2.45) is 0 Å². The summed E-state index contributed by atoms with van der Waals surface area (Å²) in [4.78, 5) is 20.5. The number of amides is 2. The third-order valence-electron chi connectivity index (χ3n) is 4.22. The lowest BCUT2D eigenvalue weighted by atomic mass is 10.1. The van der Waals surface area contributed by atoms with E-state index in [1.165, 1.54) is 6.07 Å². The van der Waals surface area contributed by atoms with Gasteiger partial charge >= 0.3 is 6.03 Å². The fraction of sp³-hybridized carbons (Fsp3) is 0.150. The molecule has 29 heavy (non-hydrogen) atoms. The number of aromatic nitrogens is 2. The number of carbonyl (C=O) groups excluding carboxylic acids is 1. The minimum Gasteiger partial charge on any atom is -0.275 e. The van der Waals surface area contributed by atoms with Crippen molar-refractivity contribution < 1.29 is 13.2 Å². The van der Waals surface area contributed by atoms with Gasteiger partial charge in [0.05, 0.1) is 4.90 Å². The van der Waals surface area contributed by atoms with Gasteiger partial charge in [-0.25, -0.2) is 27.9 Å². The highest BCUT2D eigenvalue weighted by molar-refractivity contribution is 7.90. The first-order chi connectivity index (χ1) is 13.8. The molecule has 1 aromatic heterocycles. The van der Waals surface area contributed by atoms with E-state index in [1.807, 2.05) is 35.1 Å². The lowest BCUT2D eigenvalue weighted by molar-refractivity contribution is 0.256. The molecule has 0 unspecified atom stereocenters. The van der Waals surface area contributed by atoms with Crippen LogP contribution in [0.25, 0.3) is 0 Å². The van der Waals surface area contributed by atoms with E-state index in [2.05, 4.69) is 15.3 Å². The second-order valence-corrected chi connectivity index (χ2v) is 8.40. The number of nitrogens with zero attached hydrogens (tertiary/aromatic N) is 2. The molecule has 0 bridgehead atoms. The van der Waals surface area contributed by atoms with Crippen LogP contribution < -0.4 is 10.0 Å². The Balaban J connectivity index is 1.75. The zero-order valence-corrected chi connectivity index (χ0v) is 17.4. The predicted molar refractivity (Wildman–Crippen MR) is 112 cm³/mol. The maximum absolute atomic E-state index is 12.4. The van der Waals surface area contributed by atoms with Crippen LogP contribution >= 0.6 is 11.6 Å². The molecule has 2 aromatic carbocycles. The topological polar surface area (TPSA) is 101 Å². The Hall–Kier alpha value is -2.97. The quantitative estimate of drug-likeness (QED) is 0.599. The second kappa shape index (κ2) is 8.59. The Morgan fingerprint density at radius 2 is 1.66 bits per heavy atom. The van der Waals surface area contributed by atoms with Crippen molar-refractivity contribution in [3.63, 3.8) is 0 Å². The maximum Gasteiger partial charge on any atom is 0.335 e. The Bertz CT molecular complexity index is 1130. The van der Waals surface area contributed by atoms with Crippen LogP contribution in [0.2, 0.25) is 5.15 Å². The van der Waals surface area contributed by atoms with Gasteiger partial charge in [-0.1, -0.05) is 60.1 Å². The van der Waals surface area contributed by atoms with E-state index < -0.39 is 16.1 Å². The van der Waals surface area contributed by atoms with Crippen LogP contribution in [0.5, 0.6) is 0 Å². The highest BCUT2D eigenvalue weighted by atomic mass is 35.5. The van der Waals surface area contributed by atoms with E-state index in [9.17, 15) is 13.2 Å². The molecule has 7 nitrogen and oxygen atoms in total. The van der Waals surface area contributed by atoms with E-state index >= 15 is 0 Å². The van der Waals surface area contributed by atoms with Gasteiger partial charge < -0.3 is 0 Å². The van der Waals surface area contributed by atoms with Gasteiger partial charge in [-0.15, -0.1) is 0 Å². The standard InChI is InChI=1S/C20H19ClN4O3S/c1-13-8-6-7-11-17(13)29(27,28)25-20(26)24-19-22-14(2)16(18(21)23-19)12-15-9-4-3-5-10-15/h3-11H,12H2,1-2H3,(H2,22,23,24,25,26). The molecule has 0 aliphatic carbocycles. The molecule has 0 atom stereocenters. The summed E-state index contributed by atoms with van der Waals surface area (Å²) in [7, 11) is -4.03. The number of hydrogen-bond donors (Lipinski definition) is 2. The third-order valence-corrected chi connectivity index (χ3v) is 6.03. The Labute approximate surface area is 174 Å². The third kappa shape index (κ3) is 5.10. The van der Waals surface area contributed by atoms with Crippen LogP contribution in [-0.2, 0) is 16.4 Å². The molecule has 3 rings (SSSR count). The molecule has 9 heteroatoms. The SMILES string of the molecule is Cc1ccccc1S(=O)(=O)NC(=O)Nc1nc(C)c(Cc2ccccc2)c(Cl)n1. The van der Waals surface area contributed by atoms with Gasteiger partial charge in [0, 0.05) is 17.7 Å². The monoisotopic (exact) mass is 430 g/mol. The van der Waals surface area contributed by atoms with Crippen molar-refractivity contribution in [1.29, 1.82) is 0 Å². The number of anilines is 1. The first-order valence-corrected chi connectivity index (χ1v) is 10.6. The molecule has 2 amide bonds. The van der Waals surface area contributed by atoms with Gasteiger partial charge in [-0.2, -0.15) is 0 Å². The summed E-state index contributed by atoms with van der Waals surface area (Å²) in [6.45, 7) is 3.39. The molecule has 0 fully saturated rings. The summed E-state index contributed by atoms with van der Waals surface area (Å²) >= 11 is 6.28. The minimum absolute atomic E-state index is 0.0171. The lowest BCUT2D eigenvalue weighted by Crippen LogP contribution is -2.35. The average Bonchev–Trinajstić information content (AvgIpc) is 2.65. The predicted octanol–water partition coefficient (Wildman–Crippen LogP) is 3.85. The molecule has 0 spiro atoms. The van der Waals surface area contributed by atoms with E-state index in [4.69, 9.17) is 11.6 Å². The number of hydrogen-bond acceptors (Lipinski definition) is 5. The van der Waals surface area contributed by atoms with E-state index in [-0.39, 0.29) is 16.0 Å². The number of nitrogens with one attached hydrogen (secondary N) is 2. The van der Waals surface area contributed by atoms with Crippen LogP contribution in [0.1, 0.15) is 22.4 Å². The zero-order valence-electron chi connectivity index (χ0n) is 15.8. The highest BCUT2D eigenvalue weighted by Gasteiger charge is 2.20. The van der Waals surface area contributed by atoms with Crippen LogP contribution in [0, 0.1) is 13.8 Å². The normalized spacial score (nSPS) is 11.1. The van der Waals surface area contributed by atoms with Crippen molar-refractivity contribution in [1.82, 2.24) is 14.7 Å².